The maximum Gasteiger partial charge on any atom is 0.276 e. The van der Waals surface area contributed by atoms with Crippen LogP contribution in [0.5, 0.6) is 0 Å². The molecule has 0 radical (unpaired) electrons. The summed E-state index contributed by atoms with van der Waals surface area (Å²) in [7, 11) is 0. The average molecular weight is 474 g/mol. The number of benzene rings is 2. The van der Waals surface area contributed by atoms with E-state index < -0.39 is 23.6 Å². The van der Waals surface area contributed by atoms with Crippen LogP contribution in [0.4, 0.5) is 20.2 Å². The lowest BCUT2D eigenvalue weighted by atomic mass is 10.1. The van der Waals surface area contributed by atoms with Crippen molar-refractivity contribution in [2.24, 2.45) is 5.92 Å². The quantitative estimate of drug-likeness (QED) is 0.423. The summed E-state index contributed by atoms with van der Waals surface area (Å²) in [5, 5.41) is 12.0. The van der Waals surface area contributed by atoms with Crippen LogP contribution in [0.2, 0.25) is 0 Å². The van der Waals surface area contributed by atoms with Crippen molar-refractivity contribution >= 4 is 39.9 Å². The van der Waals surface area contributed by atoms with E-state index in [4.69, 9.17) is 4.84 Å². The van der Waals surface area contributed by atoms with Gasteiger partial charge in [-0.05, 0) is 77.7 Å². The van der Waals surface area contributed by atoms with Crippen molar-refractivity contribution in [2.45, 2.75) is 18.9 Å². The molecule has 1 unspecified atom stereocenters. The third-order valence-electron chi connectivity index (χ3n) is 4.06. The van der Waals surface area contributed by atoms with Gasteiger partial charge in [0.05, 0.1) is 23.5 Å². The molecule has 0 aromatic heterocycles. The van der Waals surface area contributed by atoms with Crippen LogP contribution in [0, 0.1) is 21.1 Å². The molecule has 2 aromatic rings. The summed E-state index contributed by atoms with van der Waals surface area (Å²) >= 11 is 1.98. The predicted molar refractivity (Wildman–Crippen MR) is 101 cm³/mol. The Morgan fingerprint density at radius 1 is 1.23 bits per heavy atom. The molecule has 1 fully saturated rings. The van der Waals surface area contributed by atoms with Gasteiger partial charge in [-0.25, -0.2) is 14.3 Å². The number of anilines is 2. The molecule has 1 aliphatic rings. The average Bonchev–Trinajstić information content (AvgIpc) is 3.43. The molecule has 0 bridgehead atoms. The zero-order valence-corrected chi connectivity index (χ0v) is 15.8. The van der Waals surface area contributed by atoms with Crippen molar-refractivity contribution in [3.05, 3.63) is 57.2 Å². The van der Waals surface area contributed by atoms with E-state index in [0.717, 1.165) is 25.0 Å². The van der Waals surface area contributed by atoms with Gasteiger partial charge in [0.25, 0.3) is 5.91 Å². The zero-order valence-electron chi connectivity index (χ0n) is 13.6. The molecule has 0 heterocycles. The summed E-state index contributed by atoms with van der Waals surface area (Å²) in [5.41, 5.74) is 2.61. The van der Waals surface area contributed by atoms with Gasteiger partial charge in [0.15, 0.2) is 0 Å². The number of hydroxylamine groups is 1. The van der Waals surface area contributed by atoms with E-state index in [1.54, 1.807) is 6.07 Å². The van der Waals surface area contributed by atoms with Gasteiger partial charge in [-0.3, -0.25) is 9.63 Å². The molecule has 0 aliphatic heterocycles. The summed E-state index contributed by atoms with van der Waals surface area (Å²) in [6.45, 7) is -0.201. The number of aliphatic hydroxyl groups excluding tert-OH is 1. The molecule has 8 heteroatoms. The molecule has 3 rings (SSSR count). The topological polar surface area (TPSA) is 70.6 Å². The van der Waals surface area contributed by atoms with E-state index in [9.17, 15) is 18.7 Å². The lowest BCUT2D eigenvalue weighted by Crippen LogP contribution is -2.33. The second-order valence-corrected chi connectivity index (χ2v) is 7.29. The minimum atomic E-state index is -0.613. The fourth-order valence-electron chi connectivity index (χ4n) is 2.49. The maximum atomic E-state index is 14.1. The van der Waals surface area contributed by atoms with Crippen molar-refractivity contribution in [2.75, 3.05) is 11.9 Å². The van der Waals surface area contributed by atoms with Crippen LogP contribution < -0.4 is 10.8 Å². The Kier molecular flexibility index (Phi) is 6.05. The molecule has 5 nitrogen and oxygen atoms in total. The summed E-state index contributed by atoms with van der Waals surface area (Å²) in [6.07, 6.45) is 1.41. The van der Waals surface area contributed by atoms with Gasteiger partial charge in [0, 0.05) is 3.57 Å². The van der Waals surface area contributed by atoms with Crippen LogP contribution in [0.1, 0.15) is 23.2 Å². The maximum absolute atomic E-state index is 14.1. The lowest BCUT2D eigenvalue weighted by Gasteiger charge is -2.16. The third kappa shape index (κ3) is 4.68. The number of amides is 1. The molecule has 2 aromatic carbocycles. The predicted octanol–water partition coefficient (Wildman–Crippen LogP) is 3.75. The van der Waals surface area contributed by atoms with Crippen LogP contribution in [0.3, 0.4) is 0 Å². The van der Waals surface area contributed by atoms with Crippen molar-refractivity contribution in [3.63, 3.8) is 0 Å². The van der Waals surface area contributed by atoms with Gasteiger partial charge in [-0.15, -0.1) is 0 Å². The highest BCUT2D eigenvalue weighted by atomic mass is 127. The Labute approximate surface area is 162 Å². The Bertz CT molecular complexity index is 815. The first-order valence-electron chi connectivity index (χ1n) is 8.06. The highest BCUT2D eigenvalue weighted by Crippen LogP contribution is 2.33. The third-order valence-corrected chi connectivity index (χ3v) is 4.73. The van der Waals surface area contributed by atoms with Crippen LogP contribution >= 0.6 is 22.6 Å². The molecule has 0 saturated heterocycles. The number of rotatable bonds is 7. The van der Waals surface area contributed by atoms with Gasteiger partial charge in [0.1, 0.15) is 17.7 Å². The second kappa shape index (κ2) is 8.28. The molecule has 1 amide bonds. The molecule has 0 spiro atoms. The number of halogens is 3. The van der Waals surface area contributed by atoms with Crippen LogP contribution in [-0.4, -0.2) is 23.7 Å². The first-order chi connectivity index (χ1) is 12.5. The lowest BCUT2D eigenvalue weighted by molar-refractivity contribution is -0.0496. The van der Waals surface area contributed by atoms with Gasteiger partial charge < -0.3 is 10.4 Å². The van der Waals surface area contributed by atoms with Crippen molar-refractivity contribution in [1.82, 2.24) is 5.48 Å². The highest BCUT2D eigenvalue weighted by Gasteiger charge is 2.32. The van der Waals surface area contributed by atoms with Crippen LogP contribution in [0.15, 0.2) is 36.4 Å². The highest BCUT2D eigenvalue weighted by molar-refractivity contribution is 14.1. The molecule has 1 aliphatic carbocycles. The van der Waals surface area contributed by atoms with Gasteiger partial charge >= 0.3 is 0 Å². The Hall–Kier alpha value is -1.78. The SMILES string of the molecule is O=C(NOC(CO)C1CC1)c1ccc(F)cc1Nc1ccc(I)cc1F. The molecule has 1 atom stereocenters. The minimum Gasteiger partial charge on any atom is -0.394 e. The number of aliphatic hydroxyl groups is 1. The van der Waals surface area contributed by atoms with E-state index in [0.29, 0.717) is 3.57 Å². The van der Waals surface area contributed by atoms with Crippen LogP contribution in [-0.2, 0) is 4.84 Å². The Balaban J connectivity index is 1.77. The van der Waals surface area contributed by atoms with E-state index in [1.165, 1.54) is 18.2 Å². The van der Waals surface area contributed by atoms with Crippen molar-refractivity contribution in [1.29, 1.82) is 0 Å². The summed E-state index contributed by atoms with van der Waals surface area (Å²) in [5.74, 6) is -1.47. The largest absolute Gasteiger partial charge is 0.394 e. The number of hydrogen-bond donors (Lipinski definition) is 3. The second-order valence-electron chi connectivity index (χ2n) is 6.05. The van der Waals surface area contributed by atoms with E-state index in [2.05, 4.69) is 10.8 Å². The van der Waals surface area contributed by atoms with E-state index >= 15 is 0 Å². The van der Waals surface area contributed by atoms with E-state index in [1.807, 2.05) is 22.6 Å². The fraction of sp³-hybridized carbons (Fsp3) is 0.278. The normalized spacial score (nSPS) is 14.8. The molecular formula is C18H17F2IN2O3. The molecular weight excluding hydrogens is 457 g/mol. The summed E-state index contributed by atoms with van der Waals surface area (Å²) in [4.78, 5) is 17.7. The zero-order chi connectivity index (χ0) is 18.7. The number of carbonyl (C=O) groups is 1. The van der Waals surface area contributed by atoms with E-state index in [-0.39, 0.29) is 29.5 Å². The first kappa shape index (κ1) is 19.0. The minimum absolute atomic E-state index is 0.0943. The molecule has 26 heavy (non-hydrogen) atoms. The Morgan fingerprint density at radius 3 is 2.65 bits per heavy atom. The van der Waals surface area contributed by atoms with Gasteiger partial charge in [-0.2, -0.15) is 0 Å². The summed E-state index contributed by atoms with van der Waals surface area (Å²) in [6, 6.07) is 8.05. The van der Waals surface area contributed by atoms with Gasteiger partial charge in [-0.1, -0.05) is 0 Å². The number of carbonyl (C=O) groups excluding carboxylic acids is 1. The monoisotopic (exact) mass is 474 g/mol. The smallest absolute Gasteiger partial charge is 0.276 e. The number of hydrogen-bond acceptors (Lipinski definition) is 4. The first-order valence-corrected chi connectivity index (χ1v) is 9.14. The molecule has 3 N–H and O–H groups in total. The van der Waals surface area contributed by atoms with Gasteiger partial charge in [0.2, 0.25) is 0 Å². The molecule has 138 valence electrons. The standard InChI is InChI=1S/C18H17F2IN2O3/c19-11-3-5-13(18(25)23-26-17(9-24)10-1-2-10)16(7-11)22-15-6-4-12(21)8-14(15)20/h3-8,10,17,22,24H,1-2,9H2,(H,23,25). The summed E-state index contributed by atoms with van der Waals surface area (Å²) < 4.78 is 28.4. The fourth-order valence-corrected chi connectivity index (χ4v) is 2.94. The molecule has 1 saturated carbocycles. The van der Waals surface area contributed by atoms with Crippen LogP contribution in [0.25, 0.3) is 0 Å². The van der Waals surface area contributed by atoms with Crippen molar-refractivity contribution < 1.29 is 23.5 Å². The number of nitrogens with one attached hydrogen (secondary N) is 2. The Morgan fingerprint density at radius 2 is 2.00 bits per heavy atom. The van der Waals surface area contributed by atoms with Crippen molar-refractivity contribution in [3.8, 4) is 0 Å².